The molecule has 0 saturated heterocycles. The first-order valence-electron chi connectivity index (χ1n) is 4.23. The minimum atomic E-state index is 0.244. The second-order valence-electron chi connectivity index (χ2n) is 2.98. The third kappa shape index (κ3) is 9.88. The van der Waals surface area contributed by atoms with Crippen LogP contribution in [0.15, 0.2) is 0 Å². The predicted molar refractivity (Wildman–Crippen MR) is 47.7 cm³/mol. The lowest BCUT2D eigenvalue weighted by atomic mass is 10.3. The van der Waals surface area contributed by atoms with E-state index in [0.29, 0.717) is 0 Å². The smallest absolute Gasteiger partial charge is 0.0555 e. The van der Waals surface area contributed by atoms with Crippen molar-refractivity contribution >= 4 is 0 Å². The quantitative estimate of drug-likeness (QED) is 0.511. The molecule has 0 unspecified atom stereocenters. The lowest BCUT2D eigenvalue weighted by molar-refractivity contribution is 0.291. The molecular formula is C8H20N2O. The van der Waals surface area contributed by atoms with Gasteiger partial charge in [0.1, 0.15) is 0 Å². The van der Waals surface area contributed by atoms with Crippen LogP contribution in [-0.2, 0) is 0 Å². The molecule has 0 spiro atoms. The molecule has 0 aromatic carbocycles. The zero-order valence-electron chi connectivity index (χ0n) is 7.64. The molecule has 2 N–H and O–H groups in total. The molecule has 3 heteroatoms. The van der Waals surface area contributed by atoms with E-state index >= 15 is 0 Å². The van der Waals surface area contributed by atoms with Gasteiger partial charge in [-0.3, -0.25) is 0 Å². The highest BCUT2D eigenvalue weighted by atomic mass is 16.3. The Bertz CT molecular complexity index is 76.5. The molecule has 3 nitrogen and oxygen atoms in total. The molecule has 0 heterocycles. The van der Waals surface area contributed by atoms with Crippen LogP contribution >= 0.6 is 0 Å². The summed E-state index contributed by atoms with van der Waals surface area (Å²) in [4.78, 5) is 2.19. The van der Waals surface area contributed by atoms with Crippen LogP contribution in [0.5, 0.6) is 0 Å². The minimum absolute atomic E-state index is 0.244. The number of nitrogens with one attached hydrogen (secondary N) is 1. The summed E-state index contributed by atoms with van der Waals surface area (Å²) in [6.07, 6.45) is 2.42. The van der Waals surface area contributed by atoms with Crippen LogP contribution in [0.1, 0.15) is 12.8 Å². The molecule has 11 heavy (non-hydrogen) atoms. The molecule has 0 saturated carbocycles. The van der Waals surface area contributed by atoms with Gasteiger partial charge in [0.05, 0.1) is 6.61 Å². The Labute approximate surface area is 69.4 Å². The number of nitrogens with zero attached hydrogens (tertiary/aromatic N) is 1. The van der Waals surface area contributed by atoms with Crippen LogP contribution < -0.4 is 5.32 Å². The maximum absolute atomic E-state index is 8.44. The van der Waals surface area contributed by atoms with Gasteiger partial charge in [-0.2, -0.15) is 0 Å². The highest BCUT2D eigenvalue weighted by Gasteiger charge is 1.90. The third-order valence-electron chi connectivity index (χ3n) is 1.50. The maximum atomic E-state index is 8.44. The van der Waals surface area contributed by atoms with E-state index < -0.39 is 0 Å². The van der Waals surface area contributed by atoms with Crippen molar-refractivity contribution in [2.75, 3.05) is 40.3 Å². The average molecular weight is 160 g/mol. The highest BCUT2D eigenvalue weighted by Crippen LogP contribution is 1.87. The van der Waals surface area contributed by atoms with Crippen molar-refractivity contribution in [1.82, 2.24) is 10.2 Å². The molecule has 0 aromatic rings. The van der Waals surface area contributed by atoms with Crippen LogP contribution in [0.4, 0.5) is 0 Å². The highest BCUT2D eigenvalue weighted by molar-refractivity contribution is 4.49. The fourth-order valence-corrected chi connectivity index (χ4v) is 0.882. The summed E-state index contributed by atoms with van der Waals surface area (Å²) in [5.74, 6) is 0. The normalized spacial score (nSPS) is 10.9. The minimum Gasteiger partial charge on any atom is -0.395 e. The van der Waals surface area contributed by atoms with Gasteiger partial charge in [-0.1, -0.05) is 0 Å². The summed E-state index contributed by atoms with van der Waals surface area (Å²) in [7, 11) is 4.17. The Morgan fingerprint density at radius 1 is 1.18 bits per heavy atom. The van der Waals surface area contributed by atoms with Crippen LogP contribution in [-0.4, -0.2) is 50.3 Å². The van der Waals surface area contributed by atoms with Crippen molar-refractivity contribution in [3.8, 4) is 0 Å². The molecule has 0 aliphatic rings. The number of hydrogen-bond acceptors (Lipinski definition) is 3. The summed E-state index contributed by atoms with van der Waals surface area (Å²) >= 11 is 0. The van der Waals surface area contributed by atoms with Gasteiger partial charge >= 0.3 is 0 Å². The zero-order valence-corrected chi connectivity index (χ0v) is 7.64. The summed E-state index contributed by atoms with van der Waals surface area (Å²) in [6.45, 7) is 3.14. The maximum Gasteiger partial charge on any atom is 0.0555 e. The lowest BCUT2D eigenvalue weighted by Gasteiger charge is -2.08. The largest absolute Gasteiger partial charge is 0.395 e. The Hall–Kier alpha value is -0.120. The van der Waals surface area contributed by atoms with Crippen molar-refractivity contribution in [3.05, 3.63) is 0 Å². The van der Waals surface area contributed by atoms with Gasteiger partial charge in [0, 0.05) is 6.54 Å². The first-order chi connectivity index (χ1) is 5.27. The SMILES string of the molecule is CN(C)CCCCNCCO. The third-order valence-corrected chi connectivity index (χ3v) is 1.50. The Morgan fingerprint density at radius 3 is 2.45 bits per heavy atom. The molecule has 0 aliphatic heterocycles. The van der Waals surface area contributed by atoms with Gasteiger partial charge in [-0.05, 0) is 40.0 Å². The standard InChI is InChI=1S/C8H20N2O/c1-10(2)7-4-3-5-9-6-8-11/h9,11H,3-8H2,1-2H3. The number of aliphatic hydroxyl groups excluding tert-OH is 1. The number of aliphatic hydroxyl groups is 1. The van der Waals surface area contributed by atoms with Crippen molar-refractivity contribution < 1.29 is 5.11 Å². The molecule has 68 valence electrons. The Kier molecular flexibility index (Phi) is 7.89. The Morgan fingerprint density at radius 2 is 1.91 bits per heavy atom. The molecule has 0 fully saturated rings. The lowest BCUT2D eigenvalue weighted by Crippen LogP contribution is -2.21. The van der Waals surface area contributed by atoms with Gasteiger partial charge < -0.3 is 15.3 Å². The summed E-state index contributed by atoms with van der Waals surface area (Å²) in [5.41, 5.74) is 0. The van der Waals surface area contributed by atoms with Crippen LogP contribution in [0.2, 0.25) is 0 Å². The summed E-state index contributed by atoms with van der Waals surface area (Å²) in [5, 5.41) is 11.6. The molecular weight excluding hydrogens is 140 g/mol. The average Bonchev–Trinajstić information content (AvgIpc) is 1.96. The molecule has 0 atom stereocenters. The van der Waals surface area contributed by atoms with E-state index in [4.69, 9.17) is 5.11 Å². The Balaban J connectivity index is 2.80. The van der Waals surface area contributed by atoms with Crippen molar-refractivity contribution in [1.29, 1.82) is 0 Å². The zero-order chi connectivity index (χ0) is 8.53. The van der Waals surface area contributed by atoms with Gasteiger partial charge in [0.25, 0.3) is 0 Å². The van der Waals surface area contributed by atoms with E-state index in [0.717, 1.165) is 19.6 Å². The van der Waals surface area contributed by atoms with Gasteiger partial charge in [0.2, 0.25) is 0 Å². The van der Waals surface area contributed by atoms with Crippen molar-refractivity contribution in [3.63, 3.8) is 0 Å². The van der Waals surface area contributed by atoms with Crippen LogP contribution in [0, 0.1) is 0 Å². The number of rotatable bonds is 7. The van der Waals surface area contributed by atoms with E-state index in [-0.39, 0.29) is 6.61 Å². The molecule has 0 aromatic heterocycles. The first-order valence-corrected chi connectivity index (χ1v) is 4.23. The predicted octanol–water partition coefficient (Wildman–Crippen LogP) is -0.0899. The molecule has 0 bridgehead atoms. The number of unbranched alkanes of at least 4 members (excludes halogenated alkanes) is 1. The van der Waals surface area contributed by atoms with E-state index in [1.54, 1.807) is 0 Å². The fourth-order valence-electron chi connectivity index (χ4n) is 0.882. The summed E-state index contributed by atoms with van der Waals surface area (Å²) < 4.78 is 0. The van der Waals surface area contributed by atoms with Gasteiger partial charge in [0.15, 0.2) is 0 Å². The topological polar surface area (TPSA) is 35.5 Å². The molecule has 0 radical (unpaired) electrons. The van der Waals surface area contributed by atoms with E-state index in [1.165, 1.54) is 12.8 Å². The summed E-state index contributed by atoms with van der Waals surface area (Å²) in [6, 6.07) is 0. The van der Waals surface area contributed by atoms with Crippen LogP contribution in [0.25, 0.3) is 0 Å². The molecule has 0 rings (SSSR count). The molecule has 0 aliphatic carbocycles. The monoisotopic (exact) mass is 160 g/mol. The van der Waals surface area contributed by atoms with Crippen molar-refractivity contribution in [2.45, 2.75) is 12.8 Å². The van der Waals surface area contributed by atoms with E-state index in [2.05, 4.69) is 24.3 Å². The van der Waals surface area contributed by atoms with E-state index in [9.17, 15) is 0 Å². The second-order valence-corrected chi connectivity index (χ2v) is 2.98. The van der Waals surface area contributed by atoms with Gasteiger partial charge in [-0.15, -0.1) is 0 Å². The second kappa shape index (κ2) is 7.98. The first kappa shape index (κ1) is 10.9. The van der Waals surface area contributed by atoms with Gasteiger partial charge in [-0.25, -0.2) is 0 Å². The molecule has 0 amide bonds. The fraction of sp³-hybridized carbons (Fsp3) is 1.00. The van der Waals surface area contributed by atoms with Crippen LogP contribution in [0.3, 0.4) is 0 Å². The number of hydrogen-bond donors (Lipinski definition) is 2. The van der Waals surface area contributed by atoms with Crippen molar-refractivity contribution in [2.24, 2.45) is 0 Å². The van der Waals surface area contributed by atoms with E-state index in [1.807, 2.05) is 0 Å².